The highest BCUT2D eigenvalue weighted by Crippen LogP contribution is 2.25. The SMILES string of the molecule is CCC(=O)N1CCN(c2ccc(-c3cc(C)c(C)cc3C)nn2)CC1. The van der Waals surface area contributed by atoms with Gasteiger partial charge in [0.05, 0.1) is 5.69 Å². The van der Waals surface area contributed by atoms with Gasteiger partial charge in [0.15, 0.2) is 5.82 Å². The number of hydrogen-bond donors (Lipinski definition) is 0. The zero-order valence-electron chi connectivity index (χ0n) is 15.5. The molecule has 0 bridgehead atoms. The second-order valence-corrected chi connectivity index (χ2v) is 6.75. The maximum absolute atomic E-state index is 11.8. The lowest BCUT2D eigenvalue weighted by molar-refractivity contribution is -0.131. The Balaban J connectivity index is 1.73. The summed E-state index contributed by atoms with van der Waals surface area (Å²) in [4.78, 5) is 15.9. The molecule has 5 nitrogen and oxygen atoms in total. The maximum atomic E-state index is 11.8. The minimum Gasteiger partial charge on any atom is -0.352 e. The third-order valence-corrected chi connectivity index (χ3v) is 5.03. The molecule has 1 saturated heterocycles. The van der Waals surface area contributed by atoms with Crippen LogP contribution in [0.4, 0.5) is 5.82 Å². The molecule has 132 valence electrons. The van der Waals surface area contributed by atoms with E-state index in [2.05, 4.69) is 48.0 Å². The molecular weight excluding hydrogens is 312 g/mol. The first-order valence-electron chi connectivity index (χ1n) is 8.94. The van der Waals surface area contributed by atoms with Gasteiger partial charge >= 0.3 is 0 Å². The number of anilines is 1. The molecule has 1 aromatic carbocycles. The maximum Gasteiger partial charge on any atom is 0.222 e. The number of carbonyl (C=O) groups excluding carboxylic acids is 1. The largest absolute Gasteiger partial charge is 0.352 e. The van der Waals surface area contributed by atoms with Crippen LogP contribution < -0.4 is 4.90 Å². The van der Waals surface area contributed by atoms with Gasteiger partial charge in [-0.15, -0.1) is 10.2 Å². The van der Waals surface area contributed by atoms with Crippen molar-refractivity contribution >= 4 is 11.7 Å². The summed E-state index contributed by atoms with van der Waals surface area (Å²) in [5.74, 6) is 1.11. The zero-order chi connectivity index (χ0) is 18.0. The monoisotopic (exact) mass is 338 g/mol. The summed E-state index contributed by atoms with van der Waals surface area (Å²) in [6, 6.07) is 8.46. The highest BCUT2D eigenvalue weighted by molar-refractivity contribution is 5.76. The summed E-state index contributed by atoms with van der Waals surface area (Å²) in [6.45, 7) is 11.4. The highest BCUT2D eigenvalue weighted by atomic mass is 16.2. The average molecular weight is 338 g/mol. The summed E-state index contributed by atoms with van der Waals surface area (Å²) in [6.07, 6.45) is 0.573. The first-order chi connectivity index (χ1) is 12.0. The Morgan fingerprint density at radius 1 is 0.960 bits per heavy atom. The molecule has 1 aliphatic heterocycles. The number of nitrogens with zero attached hydrogens (tertiary/aromatic N) is 4. The van der Waals surface area contributed by atoms with Gasteiger partial charge in [-0.2, -0.15) is 0 Å². The molecule has 25 heavy (non-hydrogen) atoms. The van der Waals surface area contributed by atoms with Gasteiger partial charge in [-0.05, 0) is 55.7 Å². The van der Waals surface area contributed by atoms with Crippen LogP contribution in [0.1, 0.15) is 30.0 Å². The Bertz CT molecular complexity index is 762. The van der Waals surface area contributed by atoms with E-state index in [1.807, 2.05) is 24.0 Å². The van der Waals surface area contributed by atoms with E-state index in [9.17, 15) is 4.79 Å². The van der Waals surface area contributed by atoms with Crippen molar-refractivity contribution in [2.75, 3.05) is 31.1 Å². The predicted molar refractivity (Wildman–Crippen MR) is 101 cm³/mol. The summed E-state index contributed by atoms with van der Waals surface area (Å²) < 4.78 is 0. The topological polar surface area (TPSA) is 49.3 Å². The van der Waals surface area contributed by atoms with E-state index in [4.69, 9.17) is 0 Å². The number of aromatic nitrogens is 2. The number of amides is 1. The molecule has 0 atom stereocenters. The molecule has 0 radical (unpaired) electrons. The first-order valence-corrected chi connectivity index (χ1v) is 8.94. The molecule has 1 fully saturated rings. The number of rotatable bonds is 3. The Labute approximate surface area is 149 Å². The van der Waals surface area contributed by atoms with Crippen LogP contribution in [0.5, 0.6) is 0 Å². The second kappa shape index (κ2) is 7.21. The fraction of sp³-hybridized carbons (Fsp3) is 0.450. The van der Waals surface area contributed by atoms with Crippen LogP contribution in [0.25, 0.3) is 11.3 Å². The predicted octanol–water partition coefficient (Wildman–Crippen LogP) is 3.13. The average Bonchev–Trinajstić information content (AvgIpc) is 2.64. The van der Waals surface area contributed by atoms with Gasteiger partial charge in [-0.1, -0.05) is 13.0 Å². The van der Waals surface area contributed by atoms with E-state index in [1.165, 1.54) is 16.7 Å². The first kappa shape index (κ1) is 17.4. The van der Waals surface area contributed by atoms with Gasteiger partial charge < -0.3 is 9.80 Å². The molecule has 2 heterocycles. The van der Waals surface area contributed by atoms with E-state index in [0.717, 1.165) is 43.3 Å². The van der Waals surface area contributed by atoms with Gasteiger partial charge in [-0.25, -0.2) is 0 Å². The standard InChI is InChI=1S/C20H26N4O/c1-5-20(25)24-10-8-23(9-11-24)19-7-6-18(21-22-19)17-13-15(3)14(2)12-16(17)4/h6-7,12-13H,5,8-11H2,1-4H3. The summed E-state index contributed by atoms with van der Waals surface area (Å²) in [5.41, 5.74) is 5.83. The van der Waals surface area contributed by atoms with Crippen molar-refractivity contribution in [2.24, 2.45) is 0 Å². The van der Waals surface area contributed by atoms with Crippen LogP contribution in [0.2, 0.25) is 0 Å². The van der Waals surface area contributed by atoms with Crippen LogP contribution in [-0.4, -0.2) is 47.2 Å². The second-order valence-electron chi connectivity index (χ2n) is 6.75. The molecule has 1 amide bonds. The minimum atomic E-state index is 0.228. The van der Waals surface area contributed by atoms with E-state index < -0.39 is 0 Å². The smallest absolute Gasteiger partial charge is 0.222 e. The molecule has 1 aromatic heterocycles. The molecule has 0 spiro atoms. The Kier molecular flexibility index (Phi) is 5.02. The van der Waals surface area contributed by atoms with Gasteiger partial charge in [0.2, 0.25) is 5.91 Å². The fourth-order valence-corrected chi connectivity index (χ4v) is 3.28. The van der Waals surface area contributed by atoms with Crippen molar-refractivity contribution in [3.63, 3.8) is 0 Å². The van der Waals surface area contributed by atoms with Crippen molar-refractivity contribution in [3.8, 4) is 11.3 Å². The lowest BCUT2D eigenvalue weighted by Gasteiger charge is -2.35. The molecule has 5 heteroatoms. The lowest BCUT2D eigenvalue weighted by atomic mass is 9.99. The Morgan fingerprint density at radius 2 is 1.64 bits per heavy atom. The number of benzene rings is 1. The van der Waals surface area contributed by atoms with Crippen molar-refractivity contribution in [3.05, 3.63) is 41.0 Å². The number of piperazine rings is 1. The fourth-order valence-electron chi connectivity index (χ4n) is 3.28. The van der Waals surface area contributed by atoms with Crippen LogP contribution in [0.15, 0.2) is 24.3 Å². The third-order valence-electron chi connectivity index (χ3n) is 5.03. The molecule has 0 saturated carbocycles. The van der Waals surface area contributed by atoms with Gasteiger partial charge in [0.1, 0.15) is 0 Å². The normalized spacial score (nSPS) is 14.7. The number of aryl methyl sites for hydroxylation is 3. The van der Waals surface area contributed by atoms with Crippen molar-refractivity contribution in [2.45, 2.75) is 34.1 Å². The van der Waals surface area contributed by atoms with Crippen LogP contribution in [0, 0.1) is 20.8 Å². The van der Waals surface area contributed by atoms with Crippen LogP contribution in [-0.2, 0) is 4.79 Å². The van der Waals surface area contributed by atoms with E-state index in [-0.39, 0.29) is 5.91 Å². The Hall–Kier alpha value is -2.43. The molecule has 0 unspecified atom stereocenters. The highest BCUT2D eigenvalue weighted by Gasteiger charge is 2.21. The van der Waals surface area contributed by atoms with Crippen molar-refractivity contribution in [1.29, 1.82) is 0 Å². The molecule has 3 rings (SSSR count). The lowest BCUT2D eigenvalue weighted by Crippen LogP contribution is -2.48. The third kappa shape index (κ3) is 3.65. The molecular formula is C20H26N4O. The van der Waals surface area contributed by atoms with Gasteiger partial charge in [-0.3, -0.25) is 4.79 Å². The molecule has 0 N–H and O–H groups in total. The van der Waals surface area contributed by atoms with Crippen LogP contribution in [0.3, 0.4) is 0 Å². The molecule has 2 aromatic rings. The summed E-state index contributed by atoms with van der Waals surface area (Å²) >= 11 is 0. The van der Waals surface area contributed by atoms with Crippen molar-refractivity contribution < 1.29 is 4.79 Å². The van der Waals surface area contributed by atoms with E-state index in [1.54, 1.807) is 0 Å². The summed E-state index contributed by atoms with van der Waals surface area (Å²) in [5, 5.41) is 8.89. The quantitative estimate of drug-likeness (QED) is 0.863. The van der Waals surface area contributed by atoms with E-state index in [0.29, 0.717) is 6.42 Å². The van der Waals surface area contributed by atoms with Crippen LogP contribution >= 0.6 is 0 Å². The summed E-state index contributed by atoms with van der Waals surface area (Å²) in [7, 11) is 0. The van der Waals surface area contributed by atoms with Gasteiger partial charge in [0, 0.05) is 38.2 Å². The molecule has 0 aliphatic carbocycles. The Morgan fingerprint density at radius 3 is 2.24 bits per heavy atom. The zero-order valence-corrected chi connectivity index (χ0v) is 15.5. The van der Waals surface area contributed by atoms with Gasteiger partial charge in [0.25, 0.3) is 0 Å². The number of carbonyl (C=O) groups is 1. The van der Waals surface area contributed by atoms with E-state index >= 15 is 0 Å². The molecule has 1 aliphatic rings. The van der Waals surface area contributed by atoms with Crippen molar-refractivity contribution in [1.82, 2.24) is 15.1 Å². The number of hydrogen-bond acceptors (Lipinski definition) is 4. The minimum absolute atomic E-state index is 0.228.